The molecule has 0 aliphatic rings. The van der Waals surface area contributed by atoms with E-state index in [0.29, 0.717) is 11.6 Å². The van der Waals surface area contributed by atoms with Gasteiger partial charge >= 0.3 is 5.97 Å². The minimum atomic E-state index is -1.02. The highest BCUT2D eigenvalue weighted by Gasteiger charge is 2.13. The highest BCUT2D eigenvalue weighted by atomic mass is 16.5. The predicted octanol–water partition coefficient (Wildman–Crippen LogP) is 0.719. The SMILES string of the molecule is CC(Oc1cccc(-c2nnn[nH]2)c1)C(=O)O. The van der Waals surface area contributed by atoms with Gasteiger partial charge in [-0.3, -0.25) is 0 Å². The van der Waals surface area contributed by atoms with Gasteiger partial charge in [-0.2, -0.15) is 0 Å². The summed E-state index contributed by atoms with van der Waals surface area (Å²) in [6, 6.07) is 6.87. The molecule has 17 heavy (non-hydrogen) atoms. The molecule has 7 heteroatoms. The average molecular weight is 234 g/mol. The van der Waals surface area contributed by atoms with Crippen molar-refractivity contribution < 1.29 is 14.6 Å². The van der Waals surface area contributed by atoms with Gasteiger partial charge in [-0.05, 0) is 29.5 Å². The Morgan fingerprint density at radius 2 is 2.35 bits per heavy atom. The lowest BCUT2D eigenvalue weighted by molar-refractivity contribution is -0.144. The molecule has 7 nitrogen and oxygen atoms in total. The minimum absolute atomic E-state index is 0.453. The average Bonchev–Trinajstić information content (AvgIpc) is 2.82. The number of tetrazole rings is 1. The second-order valence-electron chi connectivity index (χ2n) is 3.38. The van der Waals surface area contributed by atoms with Gasteiger partial charge in [0.25, 0.3) is 0 Å². The molecule has 0 fully saturated rings. The second kappa shape index (κ2) is 4.60. The summed E-state index contributed by atoms with van der Waals surface area (Å²) < 4.78 is 5.23. The van der Waals surface area contributed by atoms with Crippen LogP contribution in [-0.2, 0) is 4.79 Å². The van der Waals surface area contributed by atoms with Crippen molar-refractivity contribution in [2.24, 2.45) is 0 Å². The second-order valence-corrected chi connectivity index (χ2v) is 3.38. The van der Waals surface area contributed by atoms with Crippen LogP contribution in [-0.4, -0.2) is 37.8 Å². The fourth-order valence-electron chi connectivity index (χ4n) is 1.25. The molecule has 88 valence electrons. The van der Waals surface area contributed by atoms with E-state index < -0.39 is 12.1 Å². The van der Waals surface area contributed by atoms with Crippen molar-refractivity contribution >= 4 is 5.97 Å². The molecular weight excluding hydrogens is 224 g/mol. The van der Waals surface area contributed by atoms with Crippen molar-refractivity contribution in [3.63, 3.8) is 0 Å². The summed E-state index contributed by atoms with van der Waals surface area (Å²) in [6.07, 6.45) is -0.905. The fourth-order valence-corrected chi connectivity index (χ4v) is 1.25. The smallest absolute Gasteiger partial charge is 0.344 e. The summed E-state index contributed by atoms with van der Waals surface area (Å²) >= 11 is 0. The number of carboxylic acid groups (broad SMARTS) is 1. The van der Waals surface area contributed by atoms with Crippen LogP contribution in [0.3, 0.4) is 0 Å². The van der Waals surface area contributed by atoms with Crippen molar-refractivity contribution in [1.82, 2.24) is 20.6 Å². The molecule has 0 aliphatic carbocycles. The number of hydrogen-bond donors (Lipinski definition) is 2. The molecule has 0 radical (unpaired) electrons. The van der Waals surface area contributed by atoms with Crippen molar-refractivity contribution in [2.45, 2.75) is 13.0 Å². The van der Waals surface area contributed by atoms with Crippen molar-refractivity contribution in [1.29, 1.82) is 0 Å². The molecule has 2 N–H and O–H groups in total. The Morgan fingerprint density at radius 3 is 3.00 bits per heavy atom. The summed E-state index contributed by atoms with van der Waals surface area (Å²) in [6.45, 7) is 1.46. The zero-order chi connectivity index (χ0) is 12.3. The molecule has 0 amide bonds. The first kappa shape index (κ1) is 11.1. The van der Waals surface area contributed by atoms with Gasteiger partial charge in [0.15, 0.2) is 11.9 Å². The fraction of sp³-hybridized carbons (Fsp3) is 0.200. The lowest BCUT2D eigenvalue weighted by Crippen LogP contribution is -2.22. The van der Waals surface area contributed by atoms with E-state index >= 15 is 0 Å². The summed E-state index contributed by atoms with van der Waals surface area (Å²) in [7, 11) is 0. The lowest BCUT2D eigenvalue weighted by Gasteiger charge is -2.10. The quantitative estimate of drug-likeness (QED) is 0.808. The van der Waals surface area contributed by atoms with Crippen LogP contribution < -0.4 is 4.74 Å². The van der Waals surface area contributed by atoms with Gasteiger partial charge < -0.3 is 9.84 Å². The molecule has 0 saturated carbocycles. The van der Waals surface area contributed by atoms with Gasteiger partial charge in [0.1, 0.15) is 5.75 Å². The number of carboxylic acids is 1. The first-order valence-corrected chi connectivity index (χ1v) is 4.90. The molecular formula is C10H10N4O3. The molecule has 2 rings (SSSR count). The number of hydrogen-bond acceptors (Lipinski definition) is 5. The number of carbonyl (C=O) groups is 1. The largest absolute Gasteiger partial charge is 0.479 e. The number of rotatable bonds is 4. The van der Waals surface area contributed by atoms with Crippen molar-refractivity contribution in [3.05, 3.63) is 24.3 Å². The van der Waals surface area contributed by atoms with E-state index in [9.17, 15) is 4.79 Å². The van der Waals surface area contributed by atoms with E-state index in [0.717, 1.165) is 5.56 Å². The molecule has 2 aromatic rings. The normalized spacial score (nSPS) is 12.1. The number of aromatic amines is 1. The molecule has 0 aliphatic heterocycles. The van der Waals surface area contributed by atoms with Crippen LogP contribution in [0.25, 0.3) is 11.4 Å². The highest BCUT2D eigenvalue weighted by molar-refractivity contribution is 5.72. The van der Waals surface area contributed by atoms with Gasteiger partial charge in [0.2, 0.25) is 0 Å². The van der Waals surface area contributed by atoms with E-state index in [-0.39, 0.29) is 0 Å². The first-order chi connectivity index (χ1) is 8.16. The molecule has 1 heterocycles. The molecule has 0 spiro atoms. The molecule has 1 aromatic heterocycles. The van der Waals surface area contributed by atoms with E-state index in [1.165, 1.54) is 6.92 Å². The molecule has 1 atom stereocenters. The Kier molecular flexibility index (Phi) is 2.99. The number of aromatic nitrogens is 4. The van der Waals surface area contributed by atoms with Crippen molar-refractivity contribution in [2.75, 3.05) is 0 Å². The third-order valence-corrected chi connectivity index (χ3v) is 2.11. The van der Waals surface area contributed by atoms with Crippen LogP contribution in [0.2, 0.25) is 0 Å². The van der Waals surface area contributed by atoms with Gasteiger partial charge in [-0.15, -0.1) is 5.10 Å². The van der Waals surface area contributed by atoms with Gasteiger partial charge in [0, 0.05) is 5.56 Å². The van der Waals surface area contributed by atoms with Gasteiger partial charge in [0.05, 0.1) is 0 Å². The summed E-state index contributed by atoms with van der Waals surface area (Å²) in [5, 5.41) is 22.0. The summed E-state index contributed by atoms with van der Waals surface area (Å²) in [4.78, 5) is 10.7. The van der Waals surface area contributed by atoms with Gasteiger partial charge in [-0.1, -0.05) is 12.1 Å². The van der Waals surface area contributed by atoms with Crippen LogP contribution >= 0.6 is 0 Å². The Hall–Kier alpha value is -2.44. The third-order valence-electron chi connectivity index (χ3n) is 2.11. The van der Waals surface area contributed by atoms with Gasteiger partial charge in [-0.25, -0.2) is 9.89 Å². The number of nitrogens with zero attached hydrogens (tertiary/aromatic N) is 3. The maximum Gasteiger partial charge on any atom is 0.344 e. The van der Waals surface area contributed by atoms with Crippen molar-refractivity contribution in [3.8, 4) is 17.1 Å². The predicted molar refractivity (Wildman–Crippen MR) is 57.3 cm³/mol. The molecule has 0 bridgehead atoms. The van der Waals surface area contributed by atoms with Crippen LogP contribution in [0.4, 0.5) is 0 Å². The van der Waals surface area contributed by atoms with Crippen LogP contribution in [0.5, 0.6) is 5.75 Å². The number of benzene rings is 1. The highest BCUT2D eigenvalue weighted by Crippen LogP contribution is 2.20. The maximum absolute atomic E-state index is 10.7. The minimum Gasteiger partial charge on any atom is -0.479 e. The molecule has 0 saturated heterocycles. The Morgan fingerprint density at radius 1 is 1.53 bits per heavy atom. The number of nitrogens with one attached hydrogen (secondary N) is 1. The van der Waals surface area contributed by atoms with E-state index in [1.54, 1.807) is 24.3 Å². The van der Waals surface area contributed by atoms with E-state index in [1.807, 2.05) is 0 Å². The molecule has 1 aromatic carbocycles. The third kappa shape index (κ3) is 2.57. The number of H-pyrrole nitrogens is 1. The van der Waals surface area contributed by atoms with Crippen LogP contribution in [0, 0.1) is 0 Å². The number of ether oxygens (including phenoxy) is 1. The Bertz CT molecular complexity index is 512. The standard InChI is InChI=1S/C10H10N4O3/c1-6(10(15)16)17-8-4-2-3-7(5-8)9-11-13-14-12-9/h2-6H,1H3,(H,15,16)(H,11,12,13,14). The maximum atomic E-state index is 10.7. The number of aliphatic carboxylic acids is 1. The summed E-state index contributed by atoms with van der Waals surface area (Å²) in [5.41, 5.74) is 0.727. The topological polar surface area (TPSA) is 101 Å². The Labute approximate surface area is 96.4 Å². The monoisotopic (exact) mass is 234 g/mol. The van der Waals surface area contributed by atoms with E-state index in [4.69, 9.17) is 9.84 Å². The summed E-state index contributed by atoms with van der Waals surface area (Å²) in [5.74, 6) is -0.0658. The molecule has 1 unspecified atom stereocenters. The van der Waals surface area contributed by atoms with Crippen LogP contribution in [0.1, 0.15) is 6.92 Å². The Balaban J connectivity index is 2.20. The zero-order valence-corrected chi connectivity index (χ0v) is 8.99. The zero-order valence-electron chi connectivity index (χ0n) is 8.99. The van der Waals surface area contributed by atoms with E-state index in [2.05, 4.69) is 20.6 Å². The lowest BCUT2D eigenvalue weighted by atomic mass is 10.2. The first-order valence-electron chi connectivity index (χ1n) is 4.90. The van der Waals surface area contributed by atoms with Crippen LogP contribution in [0.15, 0.2) is 24.3 Å².